The molecule has 1 heterocycles. The van der Waals surface area contributed by atoms with E-state index in [1.165, 1.54) is 0 Å². The van der Waals surface area contributed by atoms with Gasteiger partial charge in [0.1, 0.15) is 0 Å². The number of carbonyl (C=O) groups is 2. The van der Waals surface area contributed by atoms with E-state index in [2.05, 4.69) is 5.32 Å². The van der Waals surface area contributed by atoms with Gasteiger partial charge in [-0.1, -0.05) is 19.9 Å². The zero-order valence-electron chi connectivity index (χ0n) is 12.2. The molecule has 0 spiro atoms. The number of hydrogen-bond donors (Lipinski definition) is 2. The molecule has 6 heteroatoms. The van der Waals surface area contributed by atoms with Gasteiger partial charge in [-0.05, 0) is 24.3 Å². The van der Waals surface area contributed by atoms with Crippen LogP contribution in [-0.2, 0) is 11.3 Å². The van der Waals surface area contributed by atoms with Crippen LogP contribution in [0.25, 0.3) is 0 Å². The summed E-state index contributed by atoms with van der Waals surface area (Å²) in [4.78, 5) is 26.0. The number of rotatable bonds is 7. The van der Waals surface area contributed by atoms with Gasteiger partial charge in [-0.3, -0.25) is 4.79 Å². The predicted octanol–water partition coefficient (Wildman–Crippen LogP) is 2.78. The minimum Gasteiger partial charge on any atom is -0.481 e. The molecule has 0 atom stereocenters. The summed E-state index contributed by atoms with van der Waals surface area (Å²) in [5.41, 5.74) is -0.876. The van der Waals surface area contributed by atoms with Crippen molar-refractivity contribution in [2.45, 2.75) is 33.2 Å². The quantitative estimate of drug-likeness (QED) is 0.813. The monoisotopic (exact) mass is 298 g/mol. The Balaban J connectivity index is 2.55. The number of nitrogens with one attached hydrogen (secondary N) is 1. The molecule has 0 bridgehead atoms. The van der Waals surface area contributed by atoms with E-state index in [9.17, 15) is 14.7 Å². The topological polar surface area (TPSA) is 69.6 Å². The average Bonchev–Trinajstić information content (AvgIpc) is 2.92. The second kappa shape index (κ2) is 7.28. The first kappa shape index (κ1) is 16.5. The van der Waals surface area contributed by atoms with Crippen LogP contribution in [0.3, 0.4) is 0 Å². The van der Waals surface area contributed by atoms with Crippen molar-refractivity contribution in [3.63, 3.8) is 0 Å². The molecule has 0 saturated carbocycles. The SMILES string of the molecule is CCC(CC)(CNC(=O)N(C)Cc1cccs1)C(=O)O. The smallest absolute Gasteiger partial charge is 0.317 e. The van der Waals surface area contributed by atoms with E-state index >= 15 is 0 Å². The van der Waals surface area contributed by atoms with Crippen LogP contribution in [0.5, 0.6) is 0 Å². The molecule has 1 rings (SSSR count). The van der Waals surface area contributed by atoms with Gasteiger partial charge in [0.2, 0.25) is 0 Å². The highest BCUT2D eigenvalue weighted by Gasteiger charge is 2.35. The van der Waals surface area contributed by atoms with Crippen LogP contribution < -0.4 is 5.32 Å². The van der Waals surface area contributed by atoms with Crippen LogP contribution in [-0.4, -0.2) is 35.6 Å². The lowest BCUT2D eigenvalue weighted by atomic mass is 9.82. The highest BCUT2D eigenvalue weighted by Crippen LogP contribution is 2.25. The zero-order chi connectivity index (χ0) is 15.2. The molecule has 0 saturated heterocycles. The summed E-state index contributed by atoms with van der Waals surface area (Å²) in [5, 5.41) is 14.0. The van der Waals surface area contributed by atoms with Gasteiger partial charge in [0.25, 0.3) is 0 Å². The van der Waals surface area contributed by atoms with Crippen molar-refractivity contribution in [2.75, 3.05) is 13.6 Å². The number of nitrogens with zero attached hydrogens (tertiary/aromatic N) is 1. The number of carboxylic acids is 1. The van der Waals surface area contributed by atoms with Gasteiger partial charge >= 0.3 is 12.0 Å². The molecule has 112 valence electrons. The highest BCUT2D eigenvalue weighted by molar-refractivity contribution is 7.09. The minimum atomic E-state index is -0.876. The van der Waals surface area contributed by atoms with E-state index < -0.39 is 11.4 Å². The maximum atomic E-state index is 12.0. The summed E-state index contributed by atoms with van der Waals surface area (Å²) in [6, 6.07) is 3.66. The summed E-state index contributed by atoms with van der Waals surface area (Å²) in [5.74, 6) is -0.858. The number of amides is 2. The van der Waals surface area contributed by atoms with Crippen LogP contribution in [0.15, 0.2) is 17.5 Å². The second-order valence-corrected chi connectivity index (χ2v) is 5.92. The zero-order valence-corrected chi connectivity index (χ0v) is 13.0. The number of urea groups is 1. The van der Waals surface area contributed by atoms with E-state index in [4.69, 9.17) is 0 Å². The standard InChI is InChI=1S/C14H22N2O3S/c1-4-14(5-2,12(17)18)10-15-13(19)16(3)9-11-7-6-8-20-11/h6-8H,4-5,9-10H2,1-3H3,(H,15,19)(H,17,18). The number of thiophene rings is 1. The molecule has 2 amide bonds. The van der Waals surface area contributed by atoms with Crippen LogP contribution in [0.4, 0.5) is 4.79 Å². The molecule has 0 aliphatic rings. The molecule has 0 aliphatic carbocycles. The summed E-state index contributed by atoms with van der Waals surface area (Å²) in [6.07, 6.45) is 0.988. The molecule has 0 aromatic carbocycles. The number of hydrogen-bond acceptors (Lipinski definition) is 3. The predicted molar refractivity (Wildman–Crippen MR) is 79.8 cm³/mol. The normalized spacial score (nSPS) is 11.2. The minimum absolute atomic E-state index is 0.156. The van der Waals surface area contributed by atoms with Gasteiger partial charge in [-0.2, -0.15) is 0 Å². The van der Waals surface area contributed by atoms with Gasteiger partial charge in [0.05, 0.1) is 12.0 Å². The lowest BCUT2D eigenvalue weighted by Crippen LogP contribution is -2.46. The van der Waals surface area contributed by atoms with Gasteiger partial charge in [-0.25, -0.2) is 4.79 Å². The van der Waals surface area contributed by atoms with Crippen molar-refractivity contribution in [3.05, 3.63) is 22.4 Å². The Kier molecular flexibility index (Phi) is 6.01. The largest absolute Gasteiger partial charge is 0.481 e. The Morgan fingerprint density at radius 2 is 2.05 bits per heavy atom. The van der Waals surface area contributed by atoms with Gasteiger partial charge in [0, 0.05) is 18.5 Å². The van der Waals surface area contributed by atoms with Crippen LogP contribution >= 0.6 is 11.3 Å². The number of carbonyl (C=O) groups excluding carboxylic acids is 1. The fraction of sp³-hybridized carbons (Fsp3) is 0.571. The first-order chi connectivity index (χ1) is 9.45. The first-order valence-electron chi connectivity index (χ1n) is 6.70. The maximum Gasteiger partial charge on any atom is 0.317 e. The first-order valence-corrected chi connectivity index (χ1v) is 7.58. The van der Waals surface area contributed by atoms with Crippen molar-refractivity contribution in [3.8, 4) is 0 Å². The molecule has 20 heavy (non-hydrogen) atoms. The Morgan fingerprint density at radius 3 is 2.50 bits per heavy atom. The third-order valence-corrected chi connectivity index (χ3v) is 4.57. The molecular formula is C14H22N2O3S. The van der Waals surface area contributed by atoms with Crippen molar-refractivity contribution >= 4 is 23.3 Å². The Labute approximate surface area is 123 Å². The van der Waals surface area contributed by atoms with Crippen LogP contribution in [0, 0.1) is 5.41 Å². The summed E-state index contributed by atoms with van der Waals surface area (Å²) >= 11 is 1.59. The summed E-state index contributed by atoms with van der Waals surface area (Å²) in [6.45, 7) is 4.35. The van der Waals surface area contributed by atoms with E-state index in [1.807, 2.05) is 31.4 Å². The average molecular weight is 298 g/mol. The fourth-order valence-corrected chi connectivity index (χ4v) is 2.72. The second-order valence-electron chi connectivity index (χ2n) is 4.89. The van der Waals surface area contributed by atoms with E-state index in [-0.39, 0.29) is 12.6 Å². The van der Waals surface area contributed by atoms with E-state index in [0.29, 0.717) is 19.4 Å². The summed E-state index contributed by atoms with van der Waals surface area (Å²) < 4.78 is 0. The van der Waals surface area contributed by atoms with E-state index in [1.54, 1.807) is 23.3 Å². The van der Waals surface area contributed by atoms with E-state index in [0.717, 1.165) is 4.88 Å². The fourth-order valence-electron chi connectivity index (χ4n) is 1.97. The molecule has 0 unspecified atom stereocenters. The molecule has 0 fully saturated rings. The van der Waals surface area contributed by atoms with Gasteiger partial charge < -0.3 is 15.3 Å². The molecule has 0 radical (unpaired) electrons. The van der Waals surface area contributed by atoms with Crippen molar-refractivity contribution in [1.82, 2.24) is 10.2 Å². The Hall–Kier alpha value is -1.56. The molecule has 5 nitrogen and oxygen atoms in total. The molecular weight excluding hydrogens is 276 g/mol. The lowest BCUT2D eigenvalue weighted by Gasteiger charge is -2.28. The molecule has 2 N–H and O–H groups in total. The van der Waals surface area contributed by atoms with Gasteiger partial charge in [-0.15, -0.1) is 11.3 Å². The Morgan fingerprint density at radius 1 is 1.40 bits per heavy atom. The van der Waals surface area contributed by atoms with Crippen LogP contribution in [0.2, 0.25) is 0 Å². The van der Waals surface area contributed by atoms with Crippen molar-refractivity contribution in [2.24, 2.45) is 5.41 Å². The molecule has 0 aliphatic heterocycles. The van der Waals surface area contributed by atoms with Crippen molar-refractivity contribution in [1.29, 1.82) is 0 Å². The summed E-state index contributed by atoms with van der Waals surface area (Å²) in [7, 11) is 1.70. The van der Waals surface area contributed by atoms with Gasteiger partial charge in [0.15, 0.2) is 0 Å². The number of aliphatic carboxylic acids is 1. The Bertz CT molecular complexity index is 441. The van der Waals surface area contributed by atoms with Crippen LogP contribution in [0.1, 0.15) is 31.6 Å². The molecule has 1 aromatic rings. The maximum absolute atomic E-state index is 12.0. The number of carboxylic acid groups (broad SMARTS) is 1. The third-order valence-electron chi connectivity index (χ3n) is 3.71. The van der Waals surface area contributed by atoms with Crippen molar-refractivity contribution < 1.29 is 14.7 Å². The molecule has 1 aromatic heterocycles. The highest BCUT2D eigenvalue weighted by atomic mass is 32.1. The lowest BCUT2D eigenvalue weighted by molar-refractivity contribution is -0.149. The third kappa shape index (κ3) is 3.96.